The number of ether oxygens (including phenoxy) is 1. The van der Waals surface area contributed by atoms with E-state index < -0.39 is 52.6 Å². The minimum atomic E-state index is -0.659. The lowest BCUT2D eigenvalue weighted by Gasteiger charge is -2.41. The fraction of sp³-hybridized carbons (Fsp3) is 0.378. The van der Waals surface area contributed by atoms with Crippen LogP contribution < -0.4 is 37.2 Å². The first-order chi connectivity index (χ1) is 58.6. The molecule has 26 nitrogen and oxygen atoms in total. The number of carbonyl (C=O) groups excluding carboxylic acids is 3. The molecule has 0 saturated carbocycles. The summed E-state index contributed by atoms with van der Waals surface area (Å²) < 4.78 is 49.8. The van der Waals surface area contributed by atoms with E-state index in [9.17, 15) is 37.5 Å². The zero-order valence-corrected chi connectivity index (χ0v) is 75.8. The third-order valence-electron chi connectivity index (χ3n) is 22.4. The van der Waals surface area contributed by atoms with Crippen LogP contribution in [0.3, 0.4) is 0 Å². The number of pyridine rings is 5. The third-order valence-corrected chi connectivity index (χ3v) is 24.0. The van der Waals surface area contributed by atoms with Crippen molar-refractivity contribution in [3.05, 3.63) is 238 Å². The molecule has 11 aromatic rings. The molecule has 3 atom stereocenters. The maximum Gasteiger partial charge on any atom is 0.497 e. The van der Waals surface area contributed by atoms with Crippen LogP contribution in [0.1, 0.15) is 145 Å². The second kappa shape index (κ2) is 38.0. The zero-order chi connectivity index (χ0) is 90.0. The Hall–Kier alpha value is -10.8. The summed E-state index contributed by atoms with van der Waals surface area (Å²) in [4.78, 5) is 124. The maximum absolute atomic E-state index is 14.8. The Morgan fingerprint density at radius 3 is 1.20 bits per heavy atom. The summed E-state index contributed by atoms with van der Waals surface area (Å²) in [5, 5.41) is 2.78. The average Bonchev–Trinajstić information content (AvgIpc) is 1.08. The molecule has 0 aliphatic carbocycles. The van der Waals surface area contributed by atoms with Gasteiger partial charge >= 0.3 is 30.3 Å². The van der Waals surface area contributed by atoms with Gasteiger partial charge in [-0.05, 0) is 164 Å². The zero-order valence-electron chi connectivity index (χ0n) is 72.0. The number of carbonyl (C=O) groups is 3. The standard InChI is InChI=1S/C29H28ClFN6O2.C26H31Cl2N5O3.C24H25Cl2N5O2.C11H15BFNO2/c1-5-25(38)35-12-13-36(18(4)16-35)27-21-14-22(30)26(20-10-11-32-15-23(20)31)33-28(21)37(29(39)34-27)24-9-7-6-8-19(24)17(2)3;1-15(2)17-9-7-8-10-20(17)33-23-18(13-19(27)21(28)29-23)22(30-24(33)34)32-12-11-31(14-16(32)3)25(35)36-26(4,5)6;1-5-20(32)29-10-11-30(15(4)13-29)22-17-12-18(25)21(26)27-23(17)31(24(33)28-22)19-9-7-6-8-16(19)14(2)3;1-10(2)11(3,4)16-12(15-10)8-5-6-14-7-9(8)13/h5-11,14-15,17-18H,1,12-13,16H2,2-4H3;7-10,13,15-16H,11-12,14H2,1-6H3;5-9,12,14-15H,1,10-11,13H2,2-4H3;5-7H,1-4H3/t18-;16-;15-;/m000./s1. The van der Waals surface area contributed by atoms with Crippen LogP contribution in [0.15, 0.2) is 168 Å². The van der Waals surface area contributed by atoms with Crippen molar-refractivity contribution in [1.29, 1.82) is 0 Å². The van der Waals surface area contributed by atoms with E-state index in [4.69, 9.17) is 77.0 Å². The molecule has 0 unspecified atom stereocenters. The number of amides is 3. The van der Waals surface area contributed by atoms with Crippen molar-refractivity contribution < 1.29 is 37.2 Å². The first-order valence-corrected chi connectivity index (χ1v) is 42.7. The Bertz CT molecular complexity index is 6110. The highest BCUT2D eigenvalue weighted by Crippen LogP contribution is 2.41. The summed E-state index contributed by atoms with van der Waals surface area (Å²) in [6, 6.07) is 30.8. The Balaban J connectivity index is 0.000000156. The predicted molar refractivity (Wildman–Crippen MR) is 488 cm³/mol. The molecule has 0 bridgehead atoms. The first-order valence-electron chi connectivity index (χ1n) is 40.8. The molecule has 0 radical (unpaired) electrons. The van der Waals surface area contributed by atoms with Crippen LogP contribution in [-0.4, -0.2) is 187 Å². The summed E-state index contributed by atoms with van der Waals surface area (Å²) in [7, 11) is -0.659. The molecule has 4 aliphatic rings. The second-order valence-corrected chi connectivity index (χ2v) is 35.6. The summed E-state index contributed by atoms with van der Waals surface area (Å²) in [6.07, 6.45) is 7.52. The molecule has 0 spiro atoms. The highest BCUT2D eigenvalue weighted by molar-refractivity contribution is 6.62. The van der Waals surface area contributed by atoms with E-state index in [0.29, 0.717) is 132 Å². The van der Waals surface area contributed by atoms with Gasteiger partial charge in [0.1, 0.15) is 39.2 Å². The van der Waals surface area contributed by atoms with E-state index in [0.717, 1.165) is 22.9 Å². The predicted octanol–water partition coefficient (Wildman–Crippen LogP) is 16.6. The number of hydrogen-bond donors (Lipinski definition) is 0. The molecule has 4 fully saturated rings. The number of halogens is 7. The number of aromatic nitrogens is 11. The van der Waals surface area contributed by atoms with Gasteiger partial charge in [0.25, 0.3) is 0 Å². The number of para-hydroxylation sites is 3. The number of fused-ring (bicyclic) bond motifs is 3. The van der Waals surface area contributed by atoms with Crippen LogP contribution in [0.25, 0.3) is 61.4 Å². The monoisotopic (exact) mass is 1790 g/mol. The molecule has 3 aromatic carbocycles. The molecule has 15 rings (SSSR count). The van der Waals surface area contributed by atoms with Gasteiger partial charge in [0.05, 0.1) is 77.6 Å². The van der Waals surface area contributed by atoms with E-state index in [1.165, 1.54) is 50.5 Å². The Morgan fingerprint density at radius 1 is 0.500 bits per heavy atom. The molecule has 4 saturated heterocycles. The molecule has 8 aromatic heterocycles. The van der Waals surface area contributed by atoms with Crippen LogP contribution in [0.2, 0.25) is 25.4 Å². The largest absolute Gasteiger partial charge is 0.497 e. The van der Waals surface area contributed by atoms with Crippen molar-refractivity contribution in [2.45, 2.75) is 163 Å². The lowest BCUT2D eigenvalue weighted by atomic mass is 9.79. The molecule has 650 valence electrons. The maximum atomic E-state index is 14.8. The van der Waals surface area contributed by atoms with Crippen LogP contribution in [-0.2, 0) is 23.6 Å². The Morgan fingerprint density at radius 2 is 0.847 bits per heavy atom. The Labute approximate surface area is 743 Å². The van der Waals surface area contributed by atoms with Crippen molar-refractivity contribution in [2.24, 2.45) is 0 Å². The average molecular weight is 1790 g/mol. The van der Waals surface area contributed by atoms with Crippen molar-refractivity contribution in [1.82, 2.24) is 68.3 Å². The van der Waals surface area contributed by atoms with Gasteiger partial charge in [-0.2, -0.15) is 15.0 Å². The highest BCUT2D eigenvalue weighted by atomic mass is 35.5. The summed E-state index contributed by atoms with van der Waals surface area (Å²) in [6.45, 7) is 42.8. The fourth-order valence-electron chi connectivity index (χ4n) is 15.4. The number of nitrogens with zero attached hydrogens (tertiary/aromatic N) is 17. The molecule has 12 heterocycles. The molecule has 4 aliphatic heterocycles. The lowest BCUT2D eigenvalue weighted by molar-refractivity contribution is -0.127. The van der Waals surface area contributed by atoms with Gasteiger partial charge < -0.3 is 43.4 Å². The fourth-order valence-corrected chi connectivity index (χ4v) is 16.2. The summed E-state index contributed by atoms with van der Waals surface area (Å²) in [5.41, 5.74) is 3.94. The van der Waals surface area contributed by atoms with Gasteiger partial charge in [-0.25, -0.2) is 56.6 Å². The van der Waals surface area contributed by atoms with E-state index >= 15 is 0 Å². The number of anilines is 3. The summed E-state index contributed by atoms with van der Waals surface area (Å²) in [5.74, 6) is 0.603. The second-order valence-electron chi connectivity index (χ2n) is 33.6. The minimum Gasteiger partial charge on any atom is -0.444 e. The van der Waals surface area contributed by atoms with E-state index in [1.54, 1.807) is 39.0 Å². The van der Waals surface area contributed by atoms with Crippen molar-refractivity contribution in [2.75, 3.05) is 73.6 Å². The van der Waals surface area contributed by atoms with Crippen molar-refractivity contribution in [3.63, 3.8) is 0 Å². The highest BCUT2D eigenvalue weighted by Gasteiger charge is 2.52. The molecule has 34 heteroatoms. The molecule has 3 amide bonds. The van der Waals surface area contributed by atoms with Gasteiger partial charge in [-0.3, -0.25) is 19.6 Å². The van der Waals surface area contributed by atoms with E-state index in [2.05, 4.69) is 75.7 Å². The van der Waals surface area contributed by atoms with Gasteiger partial charge in [0.2, 0.25) is 11.8 Å². The number of benzene rings is 3. The normalized spacial score (nSPS) is 17.0. The summed E-state index contributed by atoms with van der Waals surface area (Å²) >= 11 is 32.1. The molecule has 0 N–H and O–H groups in total. The lowest BCUT2D eigenvalue weighted by Crippen LogP contribution is -2.55. The first kappa shape index (κ1) is 92.4. The van der Waals surface area contributed by atoms with Crippen LogP contribution >= 0.6 is 58.0 Å². The van der Waals surface area contributed by atoms with Crippen LogP contribution in [0, 0.1) is 11.6 Å². The van der Waals surface area contributed by atoms with Crippen molar-refractivity contribution >= 4 is 139 Å². The number of piperazine rings is 3. The third kappa shape index (κ3) is 19.5. The quantitative estimate of drug-likeness (QED) is 0.0589. The molecular formula is C90H99BCl5F2N17O9. The Kier molecular flexibility index (Phi) is 28.3. The van der Waals surface area contributed by atoms with E-state index in [-0.39, 0.29) is 90.4 Å². The number of hydrogen-bond acceptors (Lipinski definition) is 20. The van der Waals surface area contributed by atoms with Gasteiger partial charge in [-0.15, -0.1) is 0 Å². The van der Waals surface area contributed by atoms with E-state index in [1.807, 2.05) is 171 Å². The van der Waals surface area contributed by atoms with Gasteiger partial charge in [0.15, 0.2) is 22.8 Å². The topological polar surface area (TPSA) is 267 Å². The van der Waals surface area contributed by atoms with Crippen molar-refractivity contribution in [3.8, 4) is 28.3 Å². The molecule has 124 heavy (non-hydrogen) atoms. The van der Waals surface area contributed by atoms with Gasteiger partial charge in [0, 0.05) is 100 Å². The smallest absolute Gasteiger partial charge is 0.444 e. The SMILES string of the molecule is C=CC(=O)N1CCN(c2nc(=O)n(-c3ccccc3C(C)C)c3nc(-c4ccncc4F)c(Cl)cc23)[C@@H](C)C1.C=CC(=O)N1CCN(c2nc(=O)n(-c3ccccc3C(C)C)c3nc(Cl)c(Cl)cc23)[C@@H](C)C1.CC(C)c1ccccc1-n1c(=O)nc(N2CCN(C(=O)OC(C)(C)C)C[C@@H]2C)c2cc(Cl)c(Cl)nc21.CC1(C)OB(c2ccncc2F)OC1(C)C. The molecular weight excluding hydrogens is 1690 g/mol. The van der Waals surface area contributed by atoms with Crippen LogP contribution in [0.4, 0.5) is 31.0 Å². The minimum absolute atomic E-state index is 0.0778. The number of rotatable bonds is 13. The van der Waals surface area contributed by atoms with Crippen LogP contribution in [0.5, 0.6) is 0 Å². The van der Waals surface area contributed by atoms with Gasteiger partial charge in [-0.1, -0.05) is 167 Å².